The summed E-state index contributed by atoms with van der Waals surface area (Å²) in [6.45, 7) is 0. The van der Waals surface area contributed by atoms with Gasteiger partial charge in [-0.05, 0) is 133 Å². The number of hydrogen-bond donors (Lipinski definition) is 0. The van der Waals surface area contributed by atoms with E-state index in [1.807, 2.05) is 0 Å². The van der Waals surface area contributed by atoms with Crippen molar-refractivity contribution in [2.45, 2.75) is 5.41 Å². The molecule has 0 bridgehead atoms. The highest BCUT2D eigenvalue weighted by molar-refractivity contribution is 6.10. The highest BCUT2D eigenvalue weighted by atomic mass is 15.1. The third-order valence-electron chi connectivity index (χ3n) is 13.6. The molecular formula is C61H40N2. The second-order valence-corrected chi connectivity index (χ2v) is 16.8. The maximum Gasteiger partial charge on any atom is 0.0726 e. The number of hydrogen-bond acceptors (Lipinski definition) is 1. The van der Waals surface area contributed by atoms with E-state index in [4.69, 9.17) is 0 Å². The van der Waals surface area contributed by atoms with E-state index in [0.717, 1.165) is 17.1 Å². The number of para-hydroxylation sites is 2. The van der Waals surface area contributed by atoms with Crippen LogP contribution in [-0.2, 0) is 5.41 Å². The van der Waals surface area contributed by atoms with Gasteiger partial charge in [0.05, 0.1) is 16.4 Å². The Morgan fingerprint density at radius 1 is 0.286 bits per heavy atom. The lowest BCUT2D eigenvalue weighted by atomic mass is 9.70. The minimum atomic E-state index is -0.432. The molecule has 0 unspecified atom stereocenters. The van der Waals surface area contributed by atoms with E-state index in [9.17, 15) is 0 Å². The van der Waals surface area contributed by atoms with Crippen molar-refractivity contribution >= 4 is 38.9 Å². The topological polar surface area (TPSA) is 8.17 Å². The Labute approximate surface area is 367 Å². The van der Waals surface area contributed by atoms with Gasteiger partial charge in [0.1, 0.15) is 0 Å². The van der Waals surface area contributed by atoms with Crippen LogP contribution in [0.3, 0.4) is 0 Å². The summed E-state index contributed by atoms with van der Waals surface area (Å²) in [5.74, 6) is 0. The molecule has 2 nitrogen and oxygen atoms in total. The molecule has 63 heavy (non-hydrogen) atoms. The Hall–Kier alpha value is -8.20. The minimum absolute atomic E-state index is 0.432. The van der Waals surface area contributed by atoms with Crippen molar-refractivity contribution in [1.29, 1.82) is 0 Å². The molecule has 11 aromatic rings. The quantitative estimate of drug-likeness (QED) is 0.163. The van der Waals surface area contributed by atoms with Gasteiger partial charge < -0.3 is 9.47 Å². The molecule has 0 fully saturated rings. The zero-order valence-corrected chi connectivity index (χ0v) is 34.5. The maximum absolute atomic E-state index is 2.48. The molecule has 10 aromatic carbocycles. The van der Waals surface area contributed by atoms with Crippen LogP contribution < -0.4 is 4.90 Å². The van der Waals surface area contributed by atoms with Gasteiger partial charge in [0, 0.05) is 33.5 Å². The minimum Gasteiger partial charge on any atom is -0.310 e. The van der Waals surface area contributed by atoms with Crippen LogP contribution in [0.5, 0.6) is 0 Å². The van der Waals surface area contributed by atoms with Crippen molar-refractivity contribution in [2.75, 3.05) is 4.90 Å². The molecule has 0 amide bonds. The standard InChI is InChI=1S/C61H40N2/c1-3-16-41(17-4-1)43-18-15-21-47(38-43)62(46-33-30-42(31-34-46)44-32-37-60-54(39-44)53-25-10-14-29-59(53)63(60)45-19-5-2-6-20-45)48-35-36-52-51-24-9-13-28-57(51)61(58(52)40-48)55-26-11-7-22-49(55)50-23-8-12-27-56(50)61/h1-40H. The summed E-state index contributed by atoms with van der Waals surface area (Å²) in [6.07, 6.45) is 0. The Morgan fingerprint density at radius 3 is 1.48 bits per heavy atom. The largest absolute Gasteiger partial charge is 0.310 e. The molecule has 0 saturated carbocycles. The number of nitrogens with zero attached hydrogens (tertiary/aromatic N) is 2. The molecular weight excluding hydrogens is 761 g/mol. The lowest BCUT2D eigenvalue weighted by Gasteiger charge is -2.32. The van der Waals surface area contributed by atoms with Gasteiger partial charge in [-0.2, -0.15) is 0 Å². The smallest absolute Gasteiger partial charge is 0.0726 e. The molecule has 2 aliphatic carbocycles. The van der Waals surface area contributed by atoms with Crippen LogP contribution >= 0.6 is 0 Å². The van der Waals surface area contributed by atoms with Crippen molar-refractivity contribution in [1.82, 2.24) is 4.57 Å². The van der Waals surface area contributed by atoms with Crippen molar-refractivity contribution in [2.24, 2.45) is 0 Å². The first-order chi connectivity index (χ1) is 31.3. The van der Waals surface area contributed by atoms with Gasteiger partial charge >= 0.3 is 0 Å². The first kappa shape index (κ1) is 35.5. The van der Waals surface area contributed by atoms with E-state index >= 15 is 0 Å². The summed E-state index contributed by atoms with van der Waals surface area (Å²) in [6, 6.07) is 89.5. The molecule has 0 N–H and O–H groups in total. The number of rotatable bonds is 6. The Bertz CT molecular complexity index is 3500. The summed E-state index contributed by atoms with van der Waals surface area (Å²) in [4.78, 5) is 2.44. The van der Waals surface area contributed by atoms with Gasteiger partial charge in [-0.25, -0.2) is 0 Å². The molecule has 1 heterocycles. The fourth-order valence-corrected chi connectivity index (χ4v) is 10.9. The predicted molar refractivity (Wildman–Crippen MR) is 263 cm³/mol. The van der Waals surface area contributed by atoms with Gasteiger partial charge in [0.2, 0.25) is 0 Å². The molecule has 294 valence electrons. The Morgan fingerprint density at radius 2 is 0.778 bits per heavy atom. The van der Waals surface area contributed by atoms with Crippen molar-refractivity contribution in [3.8, 4) is 50.2 Å². The summed E-state index contributed by atoms with van der Waals surface area (Å²) in [5.41, 5.74) is 21.8. The lowest BCUT2D eigenvalue weighted by molar-refractivity contribution is 0.793. The summed E-state index contributed by atoms with van der Waals surface area (Å²) in [7, 11) is 0. The average molecular weight is 801 g/mol. The van der Waals surface area contributed by atoms with E-state index in [2.05, 4.69) is 252 Å². The van der Waals surface area contributed by atoms with Crippen LogP contribution in [0.1, 0.15) is 22.3 Å². The van der Waals surface area contributed by atoms with Crippen LogP contribution in [-0.4, -0.2) is 4.57 Å². The second-order valence-electron chi connectivity index (χ2n) is 16.8. The third kappa shape index (κ3) is 5.25. The van der Waals surface area contributed by atoms with E-state index in [-0.39, 0.29) is 0 Å². The molecule has 13 rings (SSSR count). The highest BCUT2D eigenvalue weighted by Crippen LogP contribution is 2.63. The molecule has 0 aliphatic heterocycles. The average Bonchev–Trinajstić information content (AvgIpc) is 3.96. The fourth-order valence-electron chi connectivity index (χ4n) is 10.9. The van der Waals surface area contributed by atoms with Gasteiger partial charge in [0.25, 0.3) is 0 Å². The summed E-state index contributed by atoms with van der Waals surface area (Å²) >= 11 is 0. The number of fused-ring (bicyclic) bond motifs is 13. The third-order valence-corrected chi connectivity index (χ3v) is 13.6. The monoisotopic (exact) mass is 800 g/mol. The molecule has 0 atom stereocenters. The lowest BCUT2D eigenvalue weighted by Crippen LogP contribution is -2.26. The van der Waals surface area contributed by atoms with Crippen LogP contribution in [0.2, 0.25) is 0 Å². The number of anilines is 3. The van der Waals surface area contributed by atoms with Crippen LogP contribution in [0.15, 0.2) is 243 Å². The van der Waals surface area contributed by atoms with Crippen molar-refractivity contribution < 1.29 is 0 Å². The first-order valence-corrected chi connectivity index (χ1v) is 21.8. The van der Waals surface area contributed by atoms with Gasteiger partial charge in [-0.15, -0.1) is 0 Å². The fraction of sp³-hybridized carbons (Fsp3) is 0.0164. The first-order valence-electron chi connectivity index (χ1n) is 21.8. The molecule has 2 heteroatoms. The number of aromatic nitrogens is 1. The van der Waals surface area contributed by atoms with E-state index in [0.29, 0.717) is 0 Å². The maximum atomic E-state index is 2.48. The second kappa shape index (κ2) is 13.9. The van der Waals surface area contributed by atoms with Gasteiger partial charge in [-0.3, -0.25) is 0 Å². The van der Waals surface area contributed by atoms with Crippen molar-refractivity contribution in [3.63, 3.8) is 0 Å². The predicted octanol–water partition coefficient (Wildman–Crippen LogP) is 15.9. The van der Waals surface area contributed by atoms with E-state index in [1.165, 1.54) is 94.3 Å². The number of benzene rings is 10. The van der Waals surface area contributed by atoms with Crippen molar-refractivity contribution in [3.05, 3.63) is 265 Å². The Kier molecular flexibility index (Phi) is 7.85. The SMILES string of the molecule is c1ccc(-c2cccc(N(c3ccc(-c4ccc5c(c4)c4ccccc4n5-c4ccccc4)cc3)c3ccc4c(c3)C3(c5ccccc5-c5ccccc53)c3ccccc3-4)c2)cc1. The highest BCUT2D eigenvalue weighted by Gasteiger charge is 2.51. The normalized spacial score (nSPS) is 12.9. The van der Waals surface area contributed by atoms with E-state index in [1.54, 1.807) is 0 Å². The van der Waals surface area contributed by atoms with Crippen LogP contribution in [0, 0.1) is 0 Å². The van der Waals surface area contributed by atoms with E-state index < -0.39 is 5.41 Å². The Balaban J connectivity index is 0.982. The molecule has 0 saturated heterocycles. The molecule has 0 radical (unpaired) electrons. The molecule has 1 spiro atoms. The zero-order valence-electron chi connectivity index (χ0n) is 34.5. The zero-order chi connectivity index (χ0) is 41.5. The molecule has 1 aromatic heterocycles. The van der Waals surface area contributed by atoms with Crippen LogP contribution in [0.25, 0.3) is 72.0 Å². The van der Waals surface area contributed by atoms with Gasteiger partial charge in [0.15, 0.2) is 0 Å². The summed E-state index contributed by atoms with van der Waals surface area (Å²) < 4.78 is 2.38. The van der Waals surface area contributed by atoms with Crippen LogP contribution in [0.4, 0.5) is 17.1 Å². The van der Waals surface area contributed by atoms with Gasteiger partial charge in [-0.1, -0.05) is 176 Å². The summed E-state index contributed by atoms with van der Waals surface area (Å²) in [5, 5.41) is 2.50. The molecule has 2 aliphatic rings.